The summed E-state index contributed by atoms with van der Waals surface area (Å²) < 4.78 is 5.64. The molecule has 0 saturated heterocycles. The topological polar surface area (TPSA) is 79.9 Å². The van der Waals surface area contributed by atoms with Gasteiger partial charge < -0.3 is 10.1 Å². The van der Waals surface area contributed by atoms with Gasteiger partial charge in [0.2, 0.25) is 11.1 Å². The minimum Gasteiger partial charge on any atom is -0.486 e. The van der Waals surface area contributed by atoms with Crippen LogP contribution in [0.3, 0.4) is 0 Å². The van der Waals surface area contributed by atoms with Crippen molar-refractivity contribution in [2.75, 3.05) is 11.1 Å². The van der Waals surface area contributed by atoms with E-state index in [4.69, 9.17) is 27.9 Å². The van der Waals surface area contributed by atoms with E-state index in [0.717, 1.165) is 5.75 Å². The first kappa shape index (κ1) is 19.5. The molecule has 0 fully saturated rings. The predicted molar refractivity (Wildman–Crippen MR) is 108 cm³/mol. The van der Waals surface area contributed by atoms with Gasteiger partial charge in [-0.15, -0.1) is 5.10 Å². The number of aromatic nitrogens is 3. The number of carbonyl (C=O) groups excluding carboxylic acids is 1. The van der Waals surface area contributed by atoms with E-state index in [1.165, 1.54) is 17.3 Å². The molecule has 0 aliphatic heterocycles. The maximum Gasteiger partial charge on any atom is 0.234 e. The molecular formula is C18H16Cl2N4O2S. The lowest BCUT2D eigenvalue weighted by atomic mass is 10.2. The van der Waals surface area contributed by atoms with Crippen LogP contribution in [0.2, 0.25) is 10.0 Å². The number of amides is 1. The highest BCUT2D eigenvalue weighted by atomic mass is 35.5. The third-order valence-corrected chi connectivity index (χ3v) is 5.03. The molecule has 9 heteroatoms. The summed E-state index contributed by atoms with van der Waals surface area (Å²) in [7, 11) is 0. The normalized spacial score (nSPS) is 10.6. The van der Waals surface area contributed by atoms with Gasteiger partial charge in [-0.25, -0.2) is 4.98 Å². The molecule has 0 saturated carbocycles. The van der Waals surface area contributed by atoms with Crippen LogP contribution in [-0.4, -0.2) is 26.8 Å². The van der Waals surface area contributed by atoms with E-state index in [0.29, 0.717) is 26.7 Å². The van der Waals surface area contributed by atoms with E-state index in [-0.39, 0.29) is 18.3 Å². The molecule has 3 aromatic rings. The van der Waals surface area contributed by atoms with Gasteiger partial charge in [-0.2, -0.15) is 0 Å². The highest BCUT2D eigenvalue weighted by molar-refractivity contribution is 7.99. The summed E-state index contributed by atoms with van der Waals surface area (Å²) in [6.07, 6.45) is 0. The van der Waals surface area contributed by atoms with E-state index in [2.05, 4.69) is 20.5 Å². The van der Waals surface area contributed by atoms with Gasteiger partial charge in [-0.05, 0) is 37.3 Å². The Balaban J connectivity index is 1.46. The Bertz CT molecular complexity index is 931. The first-order valence-electron chi connectivity index (χ1n) is 7.98. The molecular weight excluding hydrogens is 407 g/mol. The molecule has 1 amide bonds. The van der Waals surface area contributed by atoms with Crippen molar-refractivity contribution in [1.29, 1.82) is 0 Å². The first-order valence-corrected chi connectivity index (χ1v) is 9.72. The molecule has 0 bridgehead atoms. The molecule has 1 heterocycles. The lowest BCUT2D eigenvalue weighted by Gasteiger charge is -2.05. The lowest BCUT2D eigenvalue weighted by Crippen LogP contribution is -2.14. The quantitative estimate of drug-likeness (QED) is 0.537. The second-order valence-corrected chi connectivity index (χ2v) is 7.39. The zero-order valence-corrected chi connectivity index (χ0v) is 16.7. The van der Waals surface area contributed by atoms with Crippen LogP contribution < -0.4 is 10.1 Å². The van der Waals surface area contributed by atoms with Gasteiger partial charge in [0.05, 0.1) is 15.8 Å². The monoisotopic (exact) mass is 422 g/mol. The number of thioether (sulfide) groups is 1. The Labute approximate surface area is 170 Å². The van der Waals surface area contributed by atoms with Gasteiger partial charge >= 0.3 is 0 Å². The van der Waals surface area contributed by atoms with Crippen molar-refractivity contribution in [3.8, 4) is 5.75 Å². The number of nitrogens with one attached hydrogen (secondary N) is 2. The van der Waals surface area contributed by atoms with E-state index in [1.54, 1.807) is 18.2 Å². The smallest absolute Gasteiger partial charge is 0.234 e. The third kappa shape index (κ3) is 5.89. The third-order valence-electron chi connectivity index (χ3n) is 3.44. The number of hydrogen-bond acceptors (Lipinski definition) is 5. The van der Waals surface area contributed by atoms with Gasteiger partial charge in [0, 0.05) is 5.69 Å². The largest absolute Gasteiger partial charge is 0.486 e. The van der Waals surface area contributed by atoms with Gasteiger partial charge in [0.15, 0.2) is 5.82 Å². The van der Waals surface area contributed by atoms with E-state index in [1.807, 2.05) is 31.2 Å². The summed E-state index contributed by atoms with van der Waals surface area (Å²) in [5, 5.41) is 10.9. The van der Waals surface area contributed by atoms with Gasteiger partial charge in [0.1, 0.15) is 12.4 Å². The first-order chi connectivity index (χ1) is 13.0. The minimum absolute atomic E-state index is 0.163. The number of H-pyrrole nitrogens is 1. The van der Waals surface area contributed by atoms with E-state index >= 15 is 0 Å². The molecule has 3 rings (SSSR count). The summed E-state index contributed by atoms with van der Waals surface area (Å²) in [6, 6.07) is 12.7. The summed E-state index contributed by atoms with van der Waals surface area (Å²) >= 11 is 13.0. The number of carbonyl (C=O) groups is 1. The number of nitrogens with zero attached hydrogens (tertiary/aromatic N) is 2. The van der Waals surface area contributed by atoms with Crippen LogP contribution in [0, 0.1) is 6.92 Å². The number of halogens is 2. The van der Waals surface area contributed by atoms with Crippen molar-refractivity contribution in [1.82, 2.24) is 15.2 Å². The fraction of sp³-hybridized carbons (Fsp3) is 0.167. The molecule has 0 radical (unpaired) electrons. The predicted octanol–water partition coefficient (Wildman–Crippen LogP) is 4.73. The highest BCUT2D eigenvalue weighted by Crippen LogP contribution is 2.25. The zero-order chi connectivity index (χ0) is 19.2. The SMILES string of the molecule is Cc1ccc(OCc2nc(SCC(=O)Nc3ccc(Cl)c(Cl)c3)n[nH]2)cc1. The van der Waals surface area contributed by atoms with Crippen molar-refractivity contribution in [2.24, 2.45) is 0 Å². The Morgan fingerprint density at radius 2 is 1.96 bits per heavy atom. The highest BCUT2D eigenvalue weighted by Gasteiger charge is 2.09. The standard InChI is InChI=1S/C18H16Cl2N4O2S/c1-11-2-5-13(6-3-11)26-9-16-22-18(24-23-16)27-10-17(25)21-12-4-7-14(19)15(20)8-12/h2-8H,9-10H2,1H3,(H,21,25)(H,22,23,24). The number of ether oxygens (including phenoxy) is 1. The average Bonchev–Trinajstić information content (AvgIpc) is 3.11. The number of benzene rings is 2. The van der Waals surface area contributed by atoms with Crippen LogP contribution in [0.4, 0.5) is 5.69 Å². The van der Waals surface area contributed by atoms with Gasteiger partial charge in [-0.1, -0.05) is 52.7 Å². The fourth-order valence-electron chi connectivity index (χ4n) is 2.09. The Kier molecular flexibility index (Phi) is 6.60. The molecule has 0 spiro atoms. The Hall–Kier alpha value is -2.22. The van der Waals surface area contributed by atoms with Crippen molar-refractivity contribution >= 4 is 46.6 Å². The van der Waals surface area contributed by atoms with Crippen LogP contribution in [0.5, 0.6) is 5.75 Å². The van der Waals surface area contributed by atoms with Crippen molar-refractivity contribution in [3.63, 3.8) is 0 Å². The molecule has 0 atom stereocenters. The van der Waals surface area contributed by atoms with Crippen LogP contribution in [0.1, 0.15) is 11.4 Å². The van der Waals surface area contributed by atoms with Crippen LogP contribution in [0.25, 0.3) is 0 Å². The molecule has 0 unspecified atom stereocenters. The van der Waals surface area contributed by atoms with Crippen molar-refractivity contribution in [2.45, 2.75) is 18.7 Å². The number of hydrogen-bond donors (Lipinski definition) is 2. The van der Waals surface area contributed by atoms with Crippen LogP contribution in [0.15, 0.2) is 47.6 Å². The Morgan fingerprint density at radius 3 is 2.70 bits per heavy atom. The van der Waals surface area contributed by atoms with Crippen LogP contribution in [-0.2, 0) is 11.4 Å². The second-order valence-electron chi connectivity index (χ2n) is 5.63. The lowest BCUT2D eigenvalue weighted by molar-refractivity contribution is -0.113. The number of aromatic amines is 1. The molecule has 2 N–H and O–H groups in total. The van der Waals surface area contributed by atoms with Gasteiger partial charge in [-0.3, -0.25) is 9.89 Å². The maximum absolute atomic E-state index is 12.0. The molecule has 0 aliphatic rings. The molecule has 27 heavy (non-hydrogen) atoms. The zero-order valence-electron chi connectivity index (χ0n) is 14.3. The summed E-state index contributed by atoms with van der Waals surface area (Å²) in [5.74, 6) is 1.31. The Morgan fingerprint density at radius 1 is 1.19 bits per heavy atom. The van der Waals surface area contributed by atoms with E-state index in [9.17, 15) is 4.79 Å². The second kappa shape index (κ2) is 9.12. The maximum atomic E-state index is 12.0. The molecule has 0 aliphatic carbocycles. The van der Waals surface area contributed by atoms with E-state index < -0.39 is 0 Å². The van der Waals surface area contributed by atoms with Crippen molar-refractivity contribution < 1.29 is 9.53 Å². The van der Waals surface area contributed by atoms with Crippen LogP contribution >= 0.6 is 35.0 Å². The minimum atomic E-state index is -0.194. The van der Waals surface area contributed by atoms with Crippen molar-refractivity contribution in [3.05, 3.63) is 63.9 Å². The molecule has 2 aromatic carbocycles. The molecule has 1 aromatic heterocycles. The van der Waals surface area contributed by atoms with Gasteiger partial charge in [0.25, 0.3) is 0 Å². The summed E-state index contributed by atoms with van der Waals surface area (Å²) in [4.78, 5) is 16.3. The number of rotatable bonds is 7. The number of aryl methyl sites for hydroxylation is 1. The summed E-state index contributed by atoms with van der Waals surface area (Å²) in [5.41, 5.74) is 1.75. The fourth-order valence-corrected chi connectivity index (χ4v) is 3.01. The number of anilines is 1. The average molecular weight is 423 g/mol. The molecule has 140 valence electrons. The molecule has 6 nitrogen and oxygen atoms in total. The summed E-state index contributed by atoms with van der Waals surface area (Å²) in [6.45, 7) is 2.29.